The zero-order valence-corrected chi connectivity index (χ0v) is 19.0. The van der Waals surface area contributed by atoms with Gasteiger partial charge in [-0.2, -0.15) is 5.10 Å². The van der Waals surface area contributed by atoms with E-state index in [4.69, 9.17) is 9.15 Å². The van der Waals surface area contributed by atoms with Gasteiger partial charge in [0.25, 0.3) is 0 Å². The number of carbonyl (C=O) groups excluding carboxylic acids is 1. The number of hydrogen-bond acceptors (Lipinski definition) is 5. The average molecular weight is 459 g/mol. The van der Waals surface area contributed by atoms with E-state index in [1.54, 1.807) is 17.9 Å². The van der Waals surface area contributed by atoms with Crippen LogP contribution < -0.4 is 10.4 Å². The molecule has 4 aromatic rings. The quantitative estimate of drug-likeness (QED) is 0.475. The molecule has 2 aromatic heterocycles. The topological polar surface area (TPSA) is 93.4 Å². The lowest BCUT2D eigenvalue weighted by Gasteiger charge is -2.16. The van der Waals surface area contributed by atoms with Crippen LogP contribution >= 0.6 is 0 Å². The van der Waals surface area contributed by atoms with E-state index >= 15 is 0 Å². The Bertz CT molecular complexity index is 1430. The second-order valence-electron chi connectivity index (χ2n) is 9.26. The number of H-pyrrole nitrogens is 1. The van der Waals surface area contributed by atoms with Crippen LogP contribution in [0, 0.1) is 11.8 Å². The molecule has 1 atom stereocenters. The van der Waals surface area contributed by atoms with Gasteiger partial charge in [-0.1, -0.05) is 6.07 Å². The van der Waals surface area contributed by atoms with Crippen molar-refractivity contribution in [3.63, 3.8) is 0 Å². The molecule has 0 spiro atoms. The van der Waals surface area contributed by atoms with Crippen LogP contribution in [0.2, 0.25) is 0 Å². The second-order valence-corrected chi connectivity index (χ2v) is 9.26. The first-order chi connectivity index (χ1) is 16.6. The first kappa shape index (κ1) is 20.8. The molecular formula is C26H26N4O4. The third-order valence-corrected chi connectivity index (χ3v) is 6.94. The van der Waals surface area contributed by atoms with Gasteiger partial charge in [0.05, 0.1) is 19.1 Å². The molecule has 1 amide bonds. The van der Waals surface area contributed by atoms with E-state index in [0.29, 0.717) is 29.6 Å². The first-order valence-corrected chi connectivity index (χ1v) is 11.7. The number of methoxy groups -OCH3 is 1. The van der Waals surface area contributed by atoms with E-state index in [9.17, 15) is 9.59 Å². The Morgan fingerprint density at radius 1 is 1.18 bits per heavy atom. The van der Waals surface area contributed by atoms with Crippen LogP contribution in [0.3, 0.4) is 0 Å². The third kappa shape index (κ3) is 3.69. The van der Waals surface area contributed by atoms with E-state index in [0.717, 1.165) is 54.4 Å². The highest BCUT2D eigenvalue weighted by atomic mass is 16.5. The average Bonchev–Trinajstić information content (AvgIpc) is 3.24. The number of nitrogens with one attached hydrogen (secondary N) is 1. The number of nitrogens with zero attached hydrogens (tertiary/aromatic N) is 3. The fourth-order valence-electron chi connectivity index (χ4n) is 4.97. The summed E-state index contributed by atoms with van der Waals surface area (Å²) >= 11 is 0. The van der Waals surface area contributed by atoms with Crippen molar-refractivity contribution < 1.29 is 13.9 Å². The number of benzene rings is 2. The first-order valence-electron chi connectivity index (χ1n) is 11.7. The monoisotopic (exact) mass is 458 g/mol. The summed E-state index contributed by atoms with van der Waals surface area (Å²) in [5, 5.41) is 7.92. The van der Waals surface area contributed by atoms with Crippen LogP contribution in [0.25, 0.3) is 27.8 Å². The van der Waals surface area contributed by atoms with Crippen molar-refractivity contribution >= 4 is 16.9 Å². The summed E-state index contributed by atoms with van der Waals surface area (Å²) in [6.07, 6.45) is 5.28. The number of ether oxygens (including phenoxy) is 1. The minimum atomic E-state index is -0.284. The van der Waals surface area contributed by atoms with Gasteiger partial charge in [0.2, 0.25) is 5.91 Å². The van der Waals surface area contributed by atoms with E-state index in [-0.39, 0.29) is 17.5 Å². The van der Waals surface area contributed by atoms with Crippen LogP contribution in [-0.4, -0.2) is 45.8 Å². The lowest BCUT2D eigenvalue weighted by molar-refractivity contribution is -0.131. The fraction of sp³-hybridized carbons (Fsp3) is 0.346. The van der Waals surface area contributed by atoms with Crippen molar-refractivity contribution in [2.75, 3.05) is 20.2 Å². The Labute approximate surface area is 196 Å². The smallest absolute Gasteiger partial charge is 0.347 e. The Kier molecular flexibility index (Phi) is 5.01. The van der Waals surface area contributed by atoms with Gasteiger partial charge in [-0.25, -0.2) is 14.5 Å². The molecule has 8 nitrogen and oxygen atoms in total. The minimum Gasteiger partial charge on any atom is -0.496 e. The zero-order chi connectivity index (χ0) is 23.2. The van der Waals surface area contributed by atoms with Crippen molar-refractivity contribution in [3.05, 3.63) is 65.0 Å². The lowest BCUT2D eigenvalue weighted by atomic mass is 10.0. The van der Waals surface area contributed by atoms with Crippen LogP contribution in [-0.2, 0) is 11.2 Å². The van der Waals surface area contributed by atoms with Crippen molar-refractivity contribution in [3.8, 4) is 22.6 Å². The van der Waals surface area contributed by atoms with Crippen LogP contribution in [0.1, 0.15) is 25.1 Å². The molecular weight excluding hydrogens is 432 g/mol. The SMILES string of the molecule is COc1cc(-n2c(C[C@@H]3CCN(C(=O)C4CC4)C3)n[nH]c2=O)ccc1-c1ccc2occc2c1. The molecule has 2 fully saturated rings. The number of hydrogen-bond donors (Lipinski definition) is 1. The summed E-state index contributed by atoms with van der Waals surface area (Å²) in [5.41, 5.74) is 3.18. The molecule has 1 aliphatic heterocycles. The molecule has 2 aliphatic rings. The minimum absolute atomic E-state index is 0.238. The van der Waals surface area contributed by atoms with Gasteiger partial charge in [-0.3, -0.25) is 4.79 Å². The number of likely N-dealkylation sites (tertiary alicyclic amines) is 1. The predicted molar refractivity (Wildman–Crippen MR) is 127 cm³/mol. The number of aromatic amines is 1. The second kappa shape index (κ2) is 8.20. The van der Waals surface area contributed by atoms with Crippen molar-refractivity contribution in [2.45, 2.75) is 25.7 Å². The lowest BCUT2D eigenvalue weighted by Crippen LogP contribution is -2.30. The molecule has 3 heterocycles. The van der Waals surface area contributed by atoms with Crippen LogP contribution in [0.15, 0.2) is 57.9 Å². The van der Waals surface area contributed by atoms with E-state index < -0.39 is 0 Å². The largest absolute Gasteiger partial charge is 0.496 e. The van der Waals surface area contributed by atoms with Crippen molar-refractivity contribution in [2.24, 2.45) is 11.8 Å². The van der Waals surface area contributed by atoms with Crippen molar-refractivity contribution in [1.29, 1.82) is 0 Å². The van der Waals surface area contributed by atoms with Gasteiger partial charge in [0.1, 0.15) is 17.2 Å². The maximum atomic E-state index is 12.7. The number of carbonyl (C=O) groups is 1. The highest BCUT2D eigenvalue weighted by Gasteiger charge is 2.37. The summed E-state index contributed by atoms with van der Waals surface area (Å²) in [6, 6.07) is 13.7. The summed E-state index contributed by atoms with van der Waals surface area (Å²) in [7, 11) is 1.63. The number of rotatable bonds is 6. The zero-order valence-electron chi connectivity index (χ0n) is 19.0. The molecule has 8 heteroatoms. The molecule has 34 heavy (non-hydrogen) atoms. The predicted octanol–water partition coefficient (Wildman–Crippen LogP) is 3.78. The highest BCUT2D eigenvalue weighted by molar-refractivity contribution is 5.85. The summed E-state index contributed by atoms with van der Waals surface area (Å²) in [5.74, 6) is 2.16. The number of furan rings is 1. The normalized spacial score (nSPS) is 18.0. The summed E-state index contributed by atoms with van der Waals surface area (Å²) in [6.45, 7) is 1.52. The number of aromatic nitrogens is 3. The molecule has 174 valence electrons. The highest BCUT2D eigenvalue weighted by Crippen LogP contribution is 2.35. The Morgan fingerprint density at radius 3 is 2.88 bits per heavy atom. The Hall–Kier alpha value is -3.81. The van der Waals surface area contributed by atoms with Gasteiger partial charge >= 0.3 is 5.69 Å². The van der Waals surface area contributed by atoms with Gasteiger partial charge in [0, 0.05) is 42.4 Å². The number of fused-ring (bicyclic) bond motifs is 1. The molecule has 1 N–H and O–H groups in total. The molecule has 1 saturated carbocycles. The van der Waals surface area contributed by atoms with E-state index in [2.05, 4.69) is 16.3 Å². The maximum absolute atomic E-state index is 12.7. The Balaban J connectivity index is 1.28. The molecule has 1 aliphatic carbocycles. The van der Waals surface area contributed by atoms with Crippen LogP contribution in [0.5, 0.6) is 5.75 Å². The maximum Gasteiger partial charge on any atom is 0.347 e. The van der Waals surface area contributed by atoms with Crippen molar-refractivity contribution in [1.82, 2.24) is 19.7 Å². The number of amides is 1. The van der Waals surface area contributed by atoms with Gasteiger partial charge in [-0.15, -0.1) is 0 Å². The molecule has 2 aromatic carbocycles. The van der Waals surface area contributed by atoms with Gasteiger partial charge < -0.3 is 14.1 Å². The summed E-state index contributed by atoms with van der Waals surface area (Å²) < 4.78 is 12.8. The summed E-state index contributed by atoms with van der Waals surface area (Å²) in [4.78, 5) is 27.1. The van der Waals surface area contributed by atoms with E-state index in [1.165, 1.54) is 0 Å². The third-order valence-electron chi connectivity index (χ3n) is 6.94. The van der Waals surface area contributed by atoms with Gasteiger partial charge in [0.15, 0.2) is 0 Å². The molecule has 0 bridgehead atoms. The van der Waals surface area contributed by atoms with Gasteiger partial charge in [-0.05, 0) is 61.1 Å². The molecule has 1 saturated heterocycles. The molecule has 0 unspecified atom stereocenters. The Morgan fingerprint density at radius 2 is 2.06 bits per heavy atom. The van der Waals surface area contributed by atoms with Crippen LogP contribution in [0.4, 0.5) is 0 Å². The fourth-order valence-corrected chi connectivity index (χ4v) is 4.97. The standard InChI is InChI=1S/C26H26N4O4/c1-33-23-14-20(5-6-21(23)18-4-7-22-19(13-18)9-11-34-22)30-24(27-28-26(30)32)12-16-8-10-29(15-16)25(31)17-2-3-17/h4-7,9,11,13-14,16-17H,2-3,8,10,12,15H2,1H3,(H,28,32)/t16-/m0/s1. The molecule has 0 radical (unpaired) electrons. The molecule has 6 rings (SSSR count). The van der Waals surface area contributed by atoms with E-state index in [1.807, 2.05) is 41.3 Å².